The van der Waals surface area contributed by atoms with Crippen molar-refractivity contribution in [3.63, 3.8) is 0 Å². The van der Waals surface area contributed by atoms with Gasteiger partial charge in [-0.25, -0.2) is 0 Å². The van der Waals surface area contributed by atoms with Gasteiger partial charge in [-0.1, -0.05) is 48.5 Å². The fraction of sp³-hybridized carbons (Fsp3) is 0.381. The molecule has 0 bridgehead atoms. The molecule has 0 aliphatic heterocycles. The van der Waals surface area contributed by atoms with Crippen LogP contribution in [0.5, 0.6) is 0 Å². The average Bonchev–Trinajstić information content (AvgIpc) is 2.56. The highest BCUT2D eigenvalue weighted by Crippen LogP contribution is 2.19. The van der Waals surface area contributed by atoms with Crippen molar-refractivity contribution in [2.24, 2.45) is 0 Å². The number of amides is 1. The van der Waals surface area contributed by atoms with E-state index >= 15 is 0 Å². The van der Waals surface area contributed by atoms with Crippen molar-refractivity contribution in [1.29, 1.82) is 0 Å². The van der Waals surface area contributed by atoms with E-state index in [0.717, 1.165) is 5.69 Å². The quantitative estimate of drug-likeness (QED) is 0.811. The van der Waals surface area contributed by atoms with Crippen molar-refractivity contribution in [3.05, 3.63) is 65.2 Å². The monoisotopic (exact) mass is 324 g/mol. The van der Waals surface area contributed by atoms with Crippen LogP contribution in [0.1, 0.15) is 37.0 Å². The van der Waals surface area contributed by atoms with Gasteiger partial charge in [-0.2, -0.15) is 0 Å². The molecule has 2 rings (SSSR count). The fourth-order valence-electron chi connectivity index (χ4n) is 2.87. The van der Waals surface area contributed by atoms with E-state index in [4.69, 9.17) is 0 Å². The Morgan fingerprint density at radius 2 is 1.62 bits per heavy atom. The van der Waals surface area contributed by atoms with Gasteiger partial charge in [0.15, 0.2) is 0 Å². The molecule has 0 aliphatic carbocycles. The number of anilines is 1. The molecule has 0 aromatic heterocycles. The Kier molecular flexibility index (Phi) is 6.42. The number of rotatable bonds is 7. The van der Waals surface area contributed by atoms with Crippen LogP contribution in [-0.4, -0.2) is 23.4 Å². The predicted octanol–water partition coefficient (Wildman–Crippen LogP) is 4.54. The molecular formula is C21H28N2O. The van der Waals surface area contributed by atoms with Crippen molar-refractivity contribution in [2.45, 2.75) is 46.7 Å². The van der Waals surface area contributed by atoms with Gasteiger partial charge in [-0.3, -0.25) is 4.79 Å². The minimum atomic E-state index is 0.188. The minimum Gasteiger partial charge on any atom is -0.384 e. The second-order valence-corrected chi connectivity index (χ2v) is 6.54. The van der Waals surface area contributed by atoms with Crippen molar-refractivity contribution in [3.8, 4) is 0 Å². The predicted molar refractivity (Wildman–Crippen MR) is 101 cm³/mol. The van der Waals surface area contributed by atoms with Crippen LogP contribution in [0, 0.1) is 13.8 Å². The van der Waals surface area contributed by atoms with E-state index in [1.54, 1.807) is 0 Å². The SMILES string of the molecule is Cc1cccc(C)c1NCCC(=O)N(Cc1ccccc1)C(C)C. The first-order valence-electron chi connectivity index (χ1n) is 8.62. The van der Waals surface area contributed by atoms with E-state index in [1.165, 1.54) is 16.7 Å². The number of nitrogens with zero attached hydrogens (tertiary/aromatic N) is 1. The standard InChI is InChI=1S/C21H28N2O/c1-16(2)23(15-19-11-6-5-7-12-19)20(24)13-14-22-21-17(3)9-8-10-18(21)4/h5-12,16,22H,13-15H2,1-4H3. The zero-order chi connectivity index (χ0) is 17.5. The molecule has 3 heteroatoms. The molecule has 24 heavy (non-hydrogen) atoms. The highest BCUT2D eigenvalue weighted by molar-refractivity contribution is 5.77. The second kappa shape index (κ2) is 8.53. The molecular weight excluding hydrogens is 296 g/mol. The maximum atomic E-state index is 12.6. The first-order chi connectivity index (χ1) is 11.5. The Morgan fingerprint density at radius 1 is 1.00 bits per heavy atom. The van der Waals surface area contributed by atoms with Crippen LogP contribution in [0.25, 0.3) is 0 Å². The van der Waals surface area contributed by atoms with E-state index in [-0.39, 0.29) is 11.9 Å². The lowest BCUT2D eigenvalue weighted by atomic mass is 10.1. The Hall–Kier alpha value is -2.29. The molecule has 0 saturated carbocycles. The van der Waals surface area contributed by atoms with Crippen LogP contribution in [0.15, 0.2) is 48.5 Å². The van der Waals surface area contributed by atoms with Crippen molar-refractivity contribution >= 4 is 11.6 Å². The van der Waals surface area contributed by atoms with Gasteiger partial charge in [-0.05, 0) is 44.4 Å². The van der Waals surface area contributed by atoms with Gasteiger partial charge >= 0.3 is 0 Å². The molecule has 0 radical (unpaired) electrons. The molecule has 128 valence electrons. The van der Waals surface area contributed by atoms with Crippen LogP contribution >= 0.6 is 0 Å². The highest BCUT2D eigenvalue weighted by atomic mass is 16.2. The number of para-hydroxylation sites is 1. The molecule has 1 amide bonds. The average molecular weight is 324 g/mol. The Bertz CT molecular complexity index is 645. The van der Waals surface area contributed by atoms with Crippen LogP contribution in [0.3, 0.4) is 0 Å². The summed E-state index contributed by atoms with van der Waals surface area (Å²) in [5, 5.41) is 3.42. The zero-order valence-electron chi connectivity index (χ0n) is 15.2. The summed E-state index contributed by atoms with van der Waals surface area (Å²) in [7, 11) is 0. The smallest absolute Gasteiger partial charge is 0.224 e. The summed E-state index contributed by atoms with van der Waals surface area (Å²) in [4.78, 5) is 14.6. The van der Waals surface area contributed by atoms with Crippen molar-refractivity contribution in [1.82, 2.24) is 4.90 Å². The normalized spacial score (nSPS) is 10.7. The summed E-state index contributed by atoms with van der Waals surface area (Å²) in [6.07, 6.45) is 0.499. The van der Waals surface area contributed by atoms with Gasteiger partial charge < -0.3 is 10.2 Å². The number of hydrogen-bond donors (Lipinski definition) is 1. The number of benzene rings is 2. The second-order valence-electron chi connectivity index (χ2n) is 6.54. The van der Waals surface area contributed by atoms with E-state index in [2.05, 4.69) is 63.3 Å². The molecule has 2 aromatic rings. The van der Waals surface area contributed by atoms with Gasteiger partial charge in [0, 0.05) is 31.2 Å². The Balaban J connectivity index is 1.94. The van der Waals surface area contributed by atoms with Gasteiger partial charge in [-0.15, -0.1) is 0 Å². The molecule has 3 nitrogen and oxygen atoms in total. The summed E-state index contributed by atoms with van der Waals surface area (Å²) in [5.41, 5.74) is 4.74. The van der Waals surface area contributed by atoms with Crippen molar-refractivity contribution < 1.29 is 4.79 Å². The number of nitrogens with one attached hydrogen (secondary N) is 1. The van der Waals surface area contributed by atoms with Crippen LogP contribution < -0.4 is 5.32 Å². The van der Waals surface area contributed by atoms with Gasteiger partial charge in [0.05, 0.1) is 0 Å². The van der Waals surface area contributed by atoms with E-state index in [9.17, 15) is 4.79 Å². The lowest BCUT2D eigenvalue weighted by molar-refractivity contribution is -0.133. The van der Waals surface area contributed by atoms with E-state index in [0.29, 0.717) is 19.5 Å². The number of carbonyl (C=O) groups excluding carboxylic acids is 1. The molecule has 0 heterocycles. The number of aryl methyl sites for hydroxylation is 2. The summed E-state index contributed by atoms with van der Waals surface area (Å²) < 4.78 is 0. The first-order valence-corrected chi connectivity index (χ1v) is 8.62. The third kappa shape index (κ3) is 4.85. The van der Waals surface area contributed by atoms with E-state index < -0.39 is 0 Å². The minimum absolute atomic E-state index is 0.188. The molecule has 0 saturated heterocycles. The van der Waals surface area contributed by atoms with Gasteiger partial charge in [0.1, 0.15) is 0 Å². The van der Waals surface area contributed by atoms with E-state index in [1.807, 2.05) is 23.1 Å². The Morgan fingerprint density at radius 3 is 2.21 bits per heavy atom. The third-order valence-corrected chi connectivity index (χ3v) is 4.26. The first kappa shape index (κ1) is 18.1. The lowest BCUT2D eigenvalue weighted by Crippen LogP contribution is -2.37. The van der Waals surface area contributed by atoms with Crippen LogP contribution in [-0.2, 0) is 11.3 Å². The summed E-state index contributed by atoms with van der Waals surface area (Å²) >= 11 is 0. The maximum Gasteiger partial charge on any atom is 0.224 e. The maximum absolute atomic E-state index is 12.6. The lowest BCUT2D eigenvalue weighted by Gasteiger charge is -2.27. The number of carbonyl (C=O) groups is 1. The summed E-state index contributed by atoms with van der Waals surface area (Å²) in [6, 6.07) is 16.6. The summed E-state index contributed by atoms with van der Waals surface area (Å²) in [5.74, 6) is 0.188. The van der Waals surface area contributed by atoms with Crippen LogP contribution in [0.2, 0.25) is 0 Å². The molecule has 0 aliphatic rings. The Labute approximate surface area is 145 Å². The van der Waals surface area contributed by atoms with Gasteiger partial charge in [0.2, 0.25) is 5.91 Å². The molecule has 0 spiro atoms. The molecule has 0 atom stereocenters. The largest absolute Gasteiger partial charge is 0.384 e. The molecule has 0 fully saturated rings. The molecule has 1 N–H and O–H groups in total. The zero-order valence-corrected chi connectivity index (χ0v) is 15.2. The number of hydrogen-bond acceptors (Lipinski definition) is 2. The van der Waals surface area contributed by atoms with Gasteiger partial charge in [0.25, 0.3) is 0 Å². The highest BCUT2D eigenvalue weighted by Gasteiger charge is 2.17. The summed E-state index contributed by atoms with van der Waals surface area (Å²) in [6.45, 7) is 9.64. The molecule has 2 aromatic carbocycles. The third-order valence-electron chi connectivity index (χ3n) is 4.26. The van der Waals surface area contributed by atoms with Crippen LogP contribution in [0.4, 0.5) is 5.69 Å². The fourth-order valence-corrected chi connectivity index (χ4v) is 2.87. The molecule has 0 unspecified atom stereocenters. The topological polar surface area (TPSA) is 32.3 Å². The van der Waals surface area contributed by atoms with Crippen molar-refractivity contribution in [2.75, 3.05) is 11.9 Å².